The molecule has 0 spiro atoms. The van der Waals surface area contributed by atoms with Gasteiger partial charge in [-0.2, -0.15) is 0 Å². The van der Waals surface area contributed by atoms with Crippen LogP contribution in [0.25, 0.3) is 0 Å². The van der Waals surface area contributed by atoms with Gasteiger partial charge in [-0.25, -0.2) is 0 Å². The SMILES string of the molecule is CN(CCOCC1CC1)CC1CNCCO1. The van der Waals surface area contributed by atoms with Crippen molar-refractivity contribution in [2.24, 2.45) is 5.92 Å². The number of nitrogens with zero attached hydrogens (tertiary/aromatic N) is 1. The van der Waals surface area contributed by atoms with Gasteiger partial charge < -0.3 is 19.7 Å². The van der Waals surface area contributed by atoms with E-state index in [1.165, 1.54) is 12.8 Å². The van der Waals surface area contributed by atoms with Gasteiger partial charge in [-0.15, -0.1) is 0 Å². The van der Waals surface area contributed by atoms with Gasteiger partial charge in [0.1, 0.15) is 0 Å². The van der Waals surface area contributed by atoms with Crippen LogP contribution in [0.5, 0.6) is 0 Å². The molecule has 0 aromatic rings. The molecule has 94 valence electrons. The van der Waals surface area contributed by atoms with Crippen molar-refractivity contribution >= 4 is 0 Å². The Bertz CT molecular complexity index is 191. The van der Waals surface area contributed by atoms with E-state index in [-0.39, 0.29) is 0 Å². The molecular weight excluding hydrogens is 204 g/mol. The molecule has 1 atom stereocenters. The van der Waals surface area contributed by atoms with Crippen LogP contribution in [0.2, 0.25) is 0 Å². The molecule has 1 unspecified atom stereocenters. The van der Waals surface area contributed by atoms with Crippen LogP contribution in [-0.4, -0.2) is 64.1 Å². The maximum atomic E-state index is 5.66. The second-order valence-corrected chi connectivity index (χ2v) is 4.98. The Hall–Kier alpha value is -0.160. The fraction of sp³-hybridized carbons (Fsp3) is 1.00. The second-order valence-electron chi connectivity index (χ2n) is 4.98. The van der Waals surface area contributed by atoms with Gasteiger partial charge in [0.2, 0.25) is 0 Å². The highest BCUT2D eigenvalue weighted by Crippen LogP contribution is 2.28. The van der Waals surface area contributed by atoms with Crippen LogP contribution in [0.3, 0.4) is 0 Å². The molecule has 0 aromatic heterocycles. The van der Waals surface area contributed by atoms with E-state index in [2.05, 4.69) is 17.3 Å². The van der Waals surface area contributed by atoms with Gasteiger partial charge in [0.25, 0.3) is 0 Å². The van der Waals surface area contributed by atoms with Gasteiger partial charge in [-0.1, -0.05) is 0 Å². The maximum absolute atomic E-state index is 5.66. The summed E-state index contributed by atoms with van der Waals surface area (Å²) < 4.78 is 11.3. The molecule has 0 bridgehead atoms. The van der Waals surface area contributed by atoms with Gasteiger partial charge in [0, 0.05) is 32.8 Å². The van der Waals surface area contributed by atoms with E-state index in [0.29, 0.717) is 6.10 Å². The predicted molar refractivity (Wildman–Crippen MR) is 63.6 cm³/mol. The summed E-state index contributed by atoms with van der Waals surface area (Å²) in [6.45, 7) is 6.64. The van der Waals surface area contributed by atoms with Crippen LogP contribution in [0.15, 0.2) is 0 Å². The van der Waals surface area contributed by atoms with Gasteiger partial charge in [0.05, 0.1) is 19.3 Å². The second kappa shape index (κ2) is 6.55. The number of ether oxygens (including phenoxy) is 2. The fourth-order valence-electron chi connectivity index (χ4n) is 1.93. The van der Waals surface area contributed by atoms with E-state index in [1.54, 1.807) is 0 Å². The average molecular weight is 228 g/mol. The Morgan fingerprint density at radius 1 is 1.44 bits per heavy atom. The summed E-state index contributed by atoms with van der Waals surface area (Å²) in [6, 6.07) is 0. The van der Waals surface area contributed by atoms with Crippen molar-refractivity contribution in [1.82, 2.24) is 10.2 Å². The summed E-state index contributed by atoms with van der Waals surface area (Å²) in [7, 11) is 2.14. The van der Waals surface area contributed by atoms with Crippen LogP contribution in [-0.2, 0) is 9.47 Å². The van der Waals surface area contributed by atoms with E-state index < -0.39 is 0 Å². The lowest BCUT2D eigenvalue weighted by atomic mass is 10.3. The smallest absolute Gasteiger partial charge is 0.0826 e. The third kappa shape index (κ3) is 4.78. The molecule has 0 aromatic carbocycles. The van der Waals surface area contributed by atoms with E-state index in [4.69, 9.17) is 9.47 Å². The highest BCUT2D eigenvalue weighted by atomic mass is 16.5. The summed E-state index contributed by atoms with van der Waals surface area (Å²) in [5, 5.41) is 3.35. The van der Waals surface area contributed by atoms with Gasteiger partial charge in [-0.05, 0) is 25.8 Å². The van der Waals surface area contributed by atoms with E-state index in [0.717, 1.165) is 51.9 Å². The van der Waals surface area contributed by atoms with Crippen LogP contribution >= 0.6 is 0 Å². The molecule has 1 saturated carbocycles. The first-order valence-corrected chi connectivity index (χ1v) is 6.43. The average Bonchev–Trinajstić information content (AvgIpc) is 3.10. The Morgan fingerprint density at radius 2 is 2.31 bits per heavy atom. The van der Waals surface area contributed by atoms with Crippen LogP contribution < -0.4 is 5.32 Å². The zero-order chi connectivity index (χ0) is 11.2. The molecule has 1 heterocycles. The number of likely N-dealkylation sites (N-methyl/N-ethyl adjacent to an activating group) is 1. The van der Waals surface area contributed by atoms with Crippen molar-refractivity contribution in [3.8, 4) is 0 Å². The van der Waals surface area contributed by atoms with Crippen LogP contribution in [0.1, 0.15) is 12.8 Å². The number of morpholine rings is 1. The summed E-state index contributed by atoms with van der Waals surface area (Å²) in [5.74, 6) is 0.871. The van der Waals surface area contributed by atoms with Gasteiger partial charge in [-0.3, -0.25) is 0 Å². The molecule has 2 fully saturated rings. The van der Waals surface area contributed by atoms with Crippen LogP contribution in [0, 0.1) is 5.92 Å². The molecule has 1 aliphatic carbocycles. The summed E-state index contributed by atoms with van der Waals surface area (Å²) in [5.41, 5.74) is 0. The summed E-state index contributed by atoms with van der Waals surface area (Å²) in [4.78, 5) is 2.30. The van der Waals surface area contributed by atoms with Crippen molar-refractivity contribution in [3.05, 3.63) is 0 Å². The Kier molecular flexibility index (Phi) is 5.03. The topological polar surface area (TPSA) is 33.7 Å². The number of hydrogen-bond acceptors (Lipinski definition) is 4. The molecule has 4 nitrogen and oxygen atoms in total. The lowest BCUT2D eigenvalue weighted by Gasteiger charge is -2.27. The highest BCUT2D eigenvalue weighted by Gasteiger charge is 2.21. The monoisotopic (exact) mass is 228 g/mol. The molecule has 1 aliphatic heterocycles. The lowest BCUT2D eigenvalue weighted by Crippen LogP contribution is -2.44. The molecule has 2 rings (SSSR count). The van der Waals surface area contributed by atoms with E-state index in [9.17, 15) is 0 Å². The first kappa shape index (κ1) is 12.3. The van der Waals surface area contributed by atoms with Crippen LogP contribution in [0.4, 0.5) is 0 Å². The minimum absolute atomic E-state index is 0.349. The molecule has 0 amide bonds. The first-order chi connectivity index (χ1) is 7.84. The molecule has 4 heteroatoms. The first-order valence-electron chi connectivity index (χ1n) is 6.43. The van der Waals surface area contributed by atoms with Crippen molar-refractivity contribution < 1.29 is 9.47 Å². The molecule has 1 saturated heterocycles. The normalized spacial score (nSPS) is 26.2. The van der Waals surface area contributed by atoms with Crippen molar-refractivity contribution in [1.29, 1.82) is 0 Å². The van der Waals surface area contributed by atoms with Gasteiger partial charge >= 0.3 is 0 Å². The molecule has 1 N–H and O–H groups in total. The van der Waals surface area contributed by atoms with Crippen molar-refractivity contribution in [2.75, 3.05) is 53.0 Å². The highest BCUT2D eigenvalue weighted by molar-refractivity contribution is 4.72. The van der Waals surface area contributed by atoms with E-state index in [1.807, 2.05) is 0 Å². The molecule has 16 heavy (non-hydrogen) atoms. The molecular formula is C12H24N2O2. The largest absolute Gasteiger partial charge is 0.380 e. The number of rotatable bonds is 7. The lowest BCUT2D eigenvalue weighted by molar-refractivity contribution is 0.00464. The minimum atomic E-state index is 0.349. The zero-order valence-corrected chi connectivity index (χ0v) is 10.3. The Labute approximate surface area is 98.3 Å². The van der Waals surface area contributed by atoms with Crippen molar-refractivity contribution in [3.63, 3.8) is 0 Å². The third-order valence-corrected chi connectivity index (χ3v) is 3.19. The third-order valence-electron chi connectivity index (χ3n) is 3.19. The van der Waals surface area contributed by atoms with Gasteiger partial charge in [0.15, 0.2) is 0 Å². The zero-order valence-electron chi connectivity index (χ0n) is 10.3. The molecule has 2 aliphatic rings. The Balaban J connectivity index is 1.47. The quantitative estimate of drug-likeness (QED) is 0.637. The summed E-state index contributed by atoms with van der Waals surface area (Å²) in [6.07, 6.45) is 3.09. The Morgan fingerprint density at radius 3 is 3.00 bits per heavy atom. The fourth-order valence-corrected chi connectivity index (χ4v) is 1.93. The summed E-state index contributed by atoms with van der Waals surface area (Å²) >= 11 is 0. The predicted octanol–water partition coefficient (Wildman–Crippen LogP) is 0.333. The standard InChI is InChI=1S/C12H24N2O2/c1-14(5-7-15-10-11-2-3-11)9-12-8-13-4-6-16-12/h11-13H,2-10H2,1H3. The molecule has 0 radical (unpaired) electrons. The number of nitrogens with one attached hydrogen (secondary N) is 1. The maximum Gasteiger partial charge on any atom is 0.0826 e. The minimum Gasteiger partial charge on any atom is -0.380 e. The van der Waals surface area contributed by atoms with Crippen molar-refractivity contribution in [2.45, 2.75) is 18.9 Å². The van der Waals surface area contributed by atoms with E-state index >= 15 is 0 Å². The number of hydrogen-bond donors (Lipinski definition) is 1.